The summed E-state index contributed by atoms with van der Waals surface area (Å²) >= 11 is 1.73. The summed E-state index contributed by atoms with van der Waals surface area (Å²) < 4.78 is 0. The number of H-pyrrole nitrogens is 1. The molecule has 6 nitrogen and oxygen atoms in total. The van der Waals surface area contributed by atoms with E-state index in [1.165, 1.54) is 4.90 Å². The van der Waals surface area contributed by atoms with Crippen molar-refractivity contribution in [1.29, 1.82) is 5.26 Å². The van der Waals surface area contributed by atoms with Crippen molar-refractivity contribution in [2.24, 2.45) is 4.99 Å². The maximum absolute atomic E-state index is 8.95. The van der Waals surface area contributed by atoms with Gasteiger partial charge in [0, 0.05) is 21.9 Å². The third-order valence-electron chi connectivity index (χ3n) is 3.48. The van der Waals surface area contributed by atoms with E-state index in [2.05, 4.69) is 37.7 Å². The molecule has 0 unspecified atom stereocenters. The number of imidazole rings is 1. The molecular formula is C19H18N6S. The van der Waals surface area contributed by atoms with Crippen molar-refractivity contribution in [2.45, 2.75) is 4.90 Å². The van der Waals surface area contributed by atoms with Crippen molar-refractivity contribution in [3.05, 3.63) is 67.1 Å². The minimum absolute atomic E-state index is 0.433. The highest BCUT2D eigenvalue weighted by atomic mass is 32.2. The lowest BCUT2D eigenvalue weighted by Gasteiger charge is -2.09. The lowest BCUT2D eigenvalue weighted by molar-refractivity contribution is 1.10. The van der Waals surface area contributed by atoms with Crippen LogP contribution in [0, 0.1) is 11.5 Å². The van der Waals surface area contributed by atoms with Crippen molar-refractivity contribution >= 4 is 23.4 Å². The molecule has 0 atom stereocenters. The lowest BCUT2D eigenvalue weighted by atomic mass is 10.1. The zero-order chi connectivity index (χ0) is 18.0. The molecular weight excluding hydrogens is 344 g/mol. The second-order valence-corrected chi connectivity index (χ2v) is 6.47. The first-order chi connectivity index (χ1) is 12.8. The summed E-state index contributed by atoms with van der Waals surface area (Å²) in [6, 6.07) is 18.0. The molecule has 0 aliphatic rings. The molecule has 7 heteroatoms. The Kier molecular flexibility index (Phi) is 6.29. The summed E-state index contributed by atoms with van der Waals surface area (Å²) in [5.74, 6) is 1.26. The number of nitrogens with one attached hydrogen (secondary N) is 3. The molecule has 0 amide bonds. The molecule has 1 aromatic heterocycles. The van der Waals surface area contributed by atoms with E-state index < -0.39 is 0 Å². The van der Waals surface area contributed by atoms with Gasteiger partial charge in [0.25, 0.3) is 0 Å². The molecule has 0 saturated heterocycles. The van der Waals surface area contributed by atoms with Gasteiger partial charge in [-0.15, -0.1) is 11.8 Å². The Hall–Kier alpha value is -3.24. The van der Waals surface area contributed by atoms with Gasteiger partial charge in [-0.1, -0.05) is 30.3 Å². The average Bonchev–Trinajstić information content (AvgIpc) is 3.21. The Morgan fingerprint density at radius 2 is 2.08 bits per heavy atom. The Morgan fingerprint density at radius 1 is 1.19 bits per heavy atom. The smallest absolute Gasteiger partial charge is 0.209 e. The van der Waals surface area contributed by atoms with Crippen LogP contribution in [-0.2, 0) is 0 Å². The van der Waals surface area contributed by atoms with Gasteiger partial charge in [-0.25, -0.2) is 4.98 Å². The van der Waals surface area contributed by atoms with E-state index in [-0.39, 0.29) is 0 Å². The van der Waals surface area contributed by atoms with Crippen molar-refractivity contribution in [1.82, 2.24) is 15.3 Å². The first-order valence-corrected chi connectivity index (χ1v) is 9.07. The predicted octanol–water partition coefficient (Wildman–Crippen LogP) is 3.71. The molecule has 0 fully saturated rings. The summed E-state index contributed by atoms with van der Waals surface area (Å²) in [6.07, 6.45) is 5.33. The van der Waals surface area contributed by atoms with Crippen LogP contribution >= 0.6 is 11.8 Å². The largest absolute Gasteiger partial charge is 0.345 e. The number of guanidine groups is 1. The van der Waals surface area contributed by atoms with Gasteiger partial charge in [0.15, 0.2) is 6.19 Å². The highest BCUT2D eigenvalue weighted by molar-refractivity contribution is 7.99. The zero-order valence-electron chi connectivity index (χ0n) is 14.0. The fourth-order valence-corrected chi connectivity index (χ4v) is 3.08. The molecule has 3 N–H and O–H groups in total. The number of aromatic amines is 1. The van der Waals surface area contributed by atoms with E-state index in [9.17, 15) is 0 Å². The highest BCUT2D eigenvalue weighted by Gasteiger charge is 2.03. The number of aromatic nitrogens is 2. The summed E-state index contributed by atoms with van der Waals surface area (Å²) in [7, 11) is 0. The van der Waals surface area contributed by atoms with Crippen LogP contribution < -0.4 is 10.6 Å². The van der Waals surface area contributed by atoms with Crippen LogP contribution in [0.5, 0.6) is 0 Å². The molecule has 0 bridgehead atoms. The van der Waals surface area contributed by atoms with Crippen LogP contribution in [0.1, 0.15) is 0 Å². The van der Waals surface area contributed by atoms with Crippen molar-refractivity contribution in [2.75, 3.05) is 17.6 Å². The van der Waals surface area contributed by atoms with E-state index in [1.807, 2.05) is 48.7 Å². The normalized spacial score (nSPS) is 11.0. The van der Waals surface area contributed by atoms with Crippen LogP contribution in [0.3, 0.4) is 0 Å². The van der Waals surface area contributed by atoms with Crippen LogP contribution in [0.15, 0.2) is 77.0 Å². The van der Waals surface area contributed by atoms with E-state index in [0.717, 1.165) is 22.7 Å². The van der Waals surface area contributed by atoms with Gasteiger partial charge in [0.2, 0.25) is 5.96 Å². The number of benzene rings is 2. The van der Waals surface area contributed by atoms with Crippen LogP contribution in [0.4, 0.5) is 5.69 Å². The predicted molar refractivity (Wildman–Crippen MR) is 106 cm³/mol. The fourth-order valence-electron chi connectivity index (χ4n) is 2.32. The number of hydrogen-bond acceptors (Lipinski definition) is 4. The Morgan fingerprint density at radius 3 is 2.85 bits per heavy atom. The first kappa shape index (κ1) is 17.6. The quantitative estimate of drug-likeness (QED) is 0.155. The van der Waals surface area contributed by atoms with Gasteiger partial charge in [0.05, 0.1) is 24.8 Å². The Labute approximate surface area is 156 Å². The Bertz CT molecular complexity index is 884. The van der Waals surface area contributed by atoms with Crippen LogP contribution in [0.25, 0.3) is 11.3 Å². The van der Waals surface area contributed by atoms with Crippen LogP contribution in [-0.4, -0.2) is 28.2 Å². The molecule has 0 aliphatic heterocycles. The molecule has 3 aromatic rings. The zero-order valence-corrected chi connectivity index (χ0v) is 14.8. The third kappa shape index (κ3) is 5.13. The van der Waals surface area contributed by atoms with Gasteiger partial charge in [0.1, 0.15) is 0 Å². The summed E-state index contributed by atoms with van der Waals surface area (Å²) in [6.45, 7) is 0.594. The van der Waals surface area contributed by atoms with Gasteiger partial charge in [-0.2, -0.15) is 5.26 Å². The maximum atomic E-state index is 8.95. The Balaban J connectivity index is 1.61. The molecule has 130 valence electrons. The first-order valence-electron chi connectivity index (χ1n) is 8.08. The number of anilines is 1. The minimum Gasteiger partial charge on any atom is -0.345 e. The molecule has 26 heavy (non-hydrogen) atoms. The second kappa shape index (κ2) is 9.30. The fraction of sp³-hybridized carbons (Fsp3) is 0.105. The molecule has 0 spiro atoms. The van der Waals surface area contributed by atoms with E-state index in [0.29, 0.717) is 12.5 Å². The van der Waals surface area contributed by atoms with Crippen molar-refractivity contribution in [3.63, 3.8) is 0 Å². The van der Waals surface area contributed by atoms with E-state index >= 15 is 0 Å². The lowest BCUT2D eigenvalue weighted by Crippen LogP contribution is -2.27. The molecule has 0 radical (unpaired) electrons. The monoisotopic (exact) mass is 362 g/mol. The number of nitrogens with zero attached hydrogens (tertiary/aromatic N) is 3. The summed E-state index contributed by atoms with van der Waals surface area (Å²) in [5, 5.41) is 14.7. The number of nitriles is 1. The highest BCUT2D eigenvalue weighted by Crippen LogP contribution is 2.20. The number of thioether (sulfide) groups is 1. The topological polar surface area (TPSA) is 88.9 Å². The van der Waals surface area contributed by atoms with Gasteiger partial charge < -0.3 is 10.3 Å². The number of hydrogen-bond donors (Lipinski definition) is 3. The SMILES string of the molecule is N#CNC(=NCCSc1ccccc1)Nc1cccc(-c2cnc[nH]2)c1. The average molecular weight is 362 g/mol. The molecule has 1 heterocycles. The molecule has 0 saturated carbocycles. The number of rotatable bonds is 6. The maximum Gasteiger partial charge on any atom is 0.209 e. The van der Waals surface area contributed by atoms with Gasteiger partial charge >= 0.3 is 0 Å². The minimum atomic E-state index is 0.433. The second-order valence-electron chi connectivity index (χ2n) is 5.30. The van der Waals surface area contributed by atoms with Crippen molar-refractivity contribution < 1.29 is 0 Å². The third-order valence-corrected chi connectivity index (χ3v) is 4.47. The van der Waals surface area contributed by atoms with E-state index in [4.69, 9.17) is 5.26 Å². The molecule has 3 rings (SSSR count). The molecule has 2 aromatic carbocycles. The van der Waals surface area contributed by atoms with E-state index in [1.54, 1.807) is 24.3 Å². The van der Waals surface area contributed by atoms with Gasteiger partial charge in [-0.05, 0) is 24.3 Å². The molecule has 0 aliphatic carbocycles. The van der Waals surface area contributed by atoms with Gasteiger partial charge in [-0.3, -0.25) is 10.3 Å². The summed E-state index contributed by atoms with van der Waals surface area (Å²) in [4.78, 5) is 12.8. The standard InChI is InChI=1S/C19H18N6S/c20-13-23-19(22-9-10-26-17-7-2-1-3-8-17)25-16-6-4-5-15(11-16)18-12-21-14-24-18/h1-8,11-12,14H,9-10H2,(H,21,24)(H2,22,23,25). The van der Waals surface area contributed by atoms with Crippen molar-refractivity contribution in [3.8, 4) is 17.5 Å². The van der Waals surface area contributed by atoms with Crippen LogP contribution in [0.2, 0.25) is 0 Å². The number of aliphatic imine (C=N–C) groups is 1. The summed E-state index contributed by atoms with van der Waals surface area (Å²) in [5.41, 5.74) is 2.78.